The van der Waals surface area contributed by atoms with Gasteiger partial charge in [0.25, 0.3) is 0 Å². The Hall–Kier alpha value is -0.460. The summed E-state index contributed by atoms with van der Waals surface area (Å²) >= 11 is 0. The summed E-state index contributed by atoms with van der Waals surface area (Å²) in [5, 5.41) is 0. The molecule has 1 nitrogen and oxygen atoms in total. The van der Waals surface area contributed by atoms with Crippen molar-refractivity contribution >= 4 is 0 Å². The van der Waals surface area contributed by atoms with E-state index in [2.05, 4.69) is 39.2 Å². The molecule has 0 unspecified atom stereocenters. The molecule has 1 heteroatoms. The highest BCUT2D eigenvalue weighted by Gasteiger charge is 2.27. The van der Waals surface area contributed by atoms with Crippen LogP contribution in [0.2, 0.25) is 0 Å². The molecule has 1 heterocycles. The van der Waals surface area contributed by atoms with Gasteiger partial charge in [0, 0.05) is 23.7 Å². The molecular formula is C11H21N. The van der Waals surface area contributed by atoms with Gasteiger partial charge in [0.15, 0.2) is 0 Å². The first-order valence-corrected chi connectivity index (χ1v) is 4.89. The van der Waals surface area contributed by atoms with Crippen LogP contribution < -0.4 is 0 Å². The summed E-state index contributed by atoms with van der Waals surface area (Å²) < 4.78 is 0. The van der Waals surface area contributed by atoms with E-state index in [4.69, 9.17) is 0 Å². The van der Waals surface area contributed by atoms with Gasteiger partial charge in [-0.3, -0.25) is 0 Å². The Balaban J connectivity index is 2.64. The molecule has 0 aromatic heterocycles. The lowest BCUT2D eigenvalue weighted by Crippen LogP contribution is -2.32. The Morgan fingerprint density at radius 2 is 2.00 bits per heavy atom. The Morgan fingerprint density at radius 3 is 2.33 bits per heavy atom. The lowest BCUT2D eigenvalue weighted by Gasteiger charge is -2.34. The van der Waals surface area contributed by atoms with Gasteiger partial charge >= 0.3 is 0 Å². The van der Waals surface area contributed by atoms with Crippen LogP contribution >= 0.6 is 0 Å². The molecule has 1 aliphatic heterocycles. The quantitative estimate of drug-likeness (QED) is 0.580. The fourth-order valence-electron chi connectivity index (χ4n) is 1.77. The number of hydrogen-bond acceptors (Lipinski definition) is 1. The second-order valence-corrected chi connectivity index (χ2v) is 4.88. The zero-order valence-electron chi connectivity index (χ0n) is 8.85. The van der Waals surface area contributed by atoms with Crippen LogP contribution in [0.15, 0.2) is 12.3 Å². The maximum Gasteiger partial charge on any atom is 0.0259 e. The Labute approximate surface area is 76.5 Å². The summed E-state index contributed by atoms with van der Waals surface area (Å²) in [6, 6.07) is 0.705. The molecule has 70 valence electrons. The first kappa shape index (κ1) is 9.63. The fourth-order valence-corrected chi connectivity index (χ4v) is 1.77. The summed E-state index contributed by atoms with van der Waals surface area (Å²) in [7, 11) is 0. The smallest absolute Gasteiger partial charge is 0.0259 e. The minimum Gasteiger partial charge on any atom is -0.372 e. The zero-order chi connectivity index (χ0) is 9.35. The topological polar surface area (TPSA) is 3.24 Å². The molecule has 0 saturated carbocycles. The van der Waals surface area contributed by atoms with E-state index >= 15 is 0 Å². The molecule has 1 rings (SSSR count). The van der Waals surface area contributed by atoms with Crippen LogP contribution in [0.3, 0.4) is 0 Å². The highest BCUT2D eigenvalue weighted by molar-refractivity contribution is 5.07. The van der Waals surface area contributed by atoms with Crippen LogP contribution in [0, 0.1) is 5.41 Å². The van der Waals surface area contributed by atoms with Crippen molar-refractivity contribution in [2.75, 3.05) is 6.54 Å². The van der Waals surface area contributed by atoms with Gasteiger partial charge in [-0.2, -0.15) is 0 Å². The van der Waals surface area contributed by atoms with Crippen molar-refractivity contribution in [3.63, 3.8) is 0 Å². The van der Waals surface area contributed by atoms with Crippen molar-refractivity contribution in [1.82, 2.24) is 4.90 Å². The fraction of sp³-hybridized carbons (Fsp3) is 0.818. The van der Waals surface area contributed by atoms with Crippen LogP contribution in [0.25, 0.3) is 0 Å². The van der Waals surface area contributed by atoms with Gasteiger partial charge < -0.3 is 4.90 Å². The molecule has 1 aliphatic rings. The van der Waals surface area contributed by atoms with Crippen molar-refractivity contribution in [3.8, 4) is 0 Å². The standard InChI is InChI=1S/C11H21N/c1-9-7-6-8-12(9)10(2)11(3,4)5/h9H,2,6-8H2,1,3-5H3/t9-/m1/s1. The van der Waals surface area contributed by atoms with Gasteiger partial charge in [-0.1, -0.05) is 27.4 Å². The molecule has 0 aliphatic carbocycles. The third-order valence-corrected chi connectivity index (χ3v) is 2.77. The van der Waals surface area contributed by atoms with E-state index in [1.807, 2.05) is 0 Å². The van der Waals surface area contributed by atoms with Gasteiger partial charge in [0.1, 0.15) is 0 Å². The van der Waals surface area contributed by atoms with Gasteiger partial charge in [-0.05, 0) is 19.8 Å². The Bertz CT molecular complexity index is 176. The van der Waals surface area contributed by atoms with Crippen molar-refractivity contribution < 1.29 is 0 Å². The molecule has 0 N–H and O–H groups in total. The maximum absolute atomic E-state index is 4.18. The van der Waals surface area contributed by atoms with Crippen LogP contribution in [-0.2, 0) is 0 Å². The SMILES string of the molecule is C=C(N1CCC[C@H]1C)C(C)(C)C. The second-order valence-electron chi connectivity index (χ2n) is 4.88. The lowest BCUT2D eigenvalue weighted by atomic mass is 9.91. The zero-order valence-corrected chi connectivity index (χ0v) is 8.85. The maximum atomic E-state index is 4.18. The van der Waals surface area contributed by atoms with Gasteiger partial charge in [0.2, 0.25) is 0 Å². The predicted octanol–water partition coefficient (Wildman–Crippen LogP) is 3.03. The predicted molar refractivity (Wildman–Crippen MR) is 54.0 cm³/mol. The summed E-state index contributed by atoms with van der Waals surface area (Å²) in [6.45, 7) is 14.4. The molecule has 0 amide bonds. The van der Waals surface area contributed by atoms with Crippen molar-refractivity contribution in [2.24, 2.45) is 5.41 Å². The molecule has 0 radical (unpaired) electrons. The average Bonchev–Trinajstić information content (AvgIpc) is 2.31. The molecule has 0 spiro atoms. The molecule has 12 heavy (non-hydrogen) atoms. The van der Waals surface area contributed by atoms with Crippen molar-refractivity contribution in [3.05, 3.63) is 12.3 Å². The molecule has 1 atom stereocenters. The summed E-state index contributed by atoms with van der Waals surface area (Å²) in [5.41, 5.74) is 1.53. The third kappa shape index (κ3) is 1.82. The molecule has 1 saturated heterocycles. The Morgan fingerprint density at radius 1 is 1.42 bits per heavy atom. The number of rotatable bonds is 1. The van der Waals surface area contributed by atoms with E-state index < -0.39 is 0 Å². The number of hydrogen-bond donors (Lipinski definition) is 0. The number of likely N-dealkylation sites (tertiary alicyclic amines) is 1. The molecular weight excluding hydrogens is 146 g/mol. The minimum absolute atomic E-state index is 0.235. The van der Waals surface area contributed by atoms with E-state index in [-0.39, 0.29) is 5.41 Å². The largest absolute Gasteiger partial charge is 0.372 e. The highest BCUT2D eigenvalue weighted by atomic mass is 15.2. The van der Waals surface area contributed by atoms with Crippen LogP contribution in [0.4, 0.5) is 0 Å². The van der Waals surface area contributed by atoms with E-state index in [1.165, 1.54) is 25.1 Å². The second kappa shape index (κ2) is 3.12. The van der Waals surface area contributed by atoms with Gasteiger partial charge in [0.05, 0.1) is 0 Å². The van der Waals surface area contributed by atoms with E-state index in [1.54, 1.807) is 0 Å². The van der Waals surface area contributed by atoms with Gasteiger partial charge in [-0.25, -0.2) is 0 Å². The summed E-state index contributed by atoms with van der Waals surface area (Å²) in [5.74, 6) is 0. The van der Waals surface area contributed by atoms with Crippen molar-refractivity contribution in [2.45, 2.75) is 46.6 Å². The third-order valence-electron chi connectivity index (χ3n) is 2.77. The molecule has 0 aromatic rings. The van der Waals surface area contributed by atoms with Crippen molar-refractivity contribution in [1.29, 1.82) is 0 Å². The number of allylic oxidation sites excluding steroid dienone is 1. The minimum atomic E-state index is 0.235. The van der Waals surface area contributed by atoms with Crippen LogP contribution in [0.5, 0.6) is 0 Å². The summed E-state index contributed by atoms with van der Waals surface area (Å²) in [6.07, 6.45) is 2.66. The van der Waals surface area contributed by atoms with Gasteiger partial charge in [-0.15, -0.1) is 0 Å². The average molecular weight is 167 g/mol. The summed E-state index contributed by atoms with van der Waals surface area (Å²) in [4.78, 5) is 2.46. The van der Waals surface area contributed by atoms with E-state index in [9.17, 15) is 0 Å². The normalized spacial score (nSPS) is 24.7. The van der Waals surface area contributed by atoms with E-state index in [0.29, 0.717) is 6.04 Å². The van der Waals surface area contributed by atoms with Crippen LogP contribution in [0.1, 0.15) is 40.5 Å². The molecule has 1 fully saturated rings. The molecule has 0 aromatic carbocycles. The Kier molecular flexibility index (Phi) is 2.50. The first-order valence-electron chi connectivity index (χ1n) is 4.89. The van der Waals surface area contributed by atoms with Crippen LogP contribution in [-0.4, -0.2) is 17.5 Å². The lowest BCUT2D eigenvalue weighted by molar-refractivity contribution is 0.264. The highest BCUT2D eigenvalue weighted by Crippen LogP contribution is 2.32. The number of nitrogens with zero attached hydrogens (tertiary/aromatic N) is 1. The van der Waals surface area contributed by atoms with E-state index in [0.717, 1.165) is 0 Å². The first-order chi connectivity index (χ1) is 5.43. The molecule has 0 bridgehead atoms. The monoisotopic (exact) mass is 167 g/mol.